The topological polar surface area (TPSA) is 103 Å². The Bertz CT molecular complexity index is 759. The maximum absolute atomic E-state index is 12.9. The highest BCUT2D eigenvalue weighted by molar-refractivity contribution is 5.99. The number of rotatable bonds is 5. The minimum Gasteiger partial charge on any atom is -0.507 e. The summed E-state index contributed by atoms with van der Waals surface area (Å²) in [6.45, 7) is 0.542. The van der Waals surface area contributed by atoms with Gasteiger partial charge in [0.2, 0.25) is 5.91 Å². The van der Waals surface area contributed by atoms with E-state index in [1.165, 1.54) is 23.1 Å². The van der Waals surface area contributed by atoms with E-state index in [0.29, 0.717) is 12.8 Å². The molecule has 2 heterocycles. The normalized spacial score (nSPS) is 16.5. The fraction of sp³-hybridized carbons (Fsp3) is 0.278. The Morgan fingerprint density at radius 3 is 2.60 bits per heavy atom. The maximum atomic E-state index is 12.9. The third kappa shape index (κ3) is 3.88. The van der Waals surface area contributed by atoms with Crippen molar-refractivity contribution in [3.05, 3.63) is 53.9 Å². The number of nitrogens with zero attached hydrogens (tertiary/aromatic N) is 2. The first-order valence-corrected chi connectivity index (χ1v) is 8.03. The van der Waals surface area contributed by atoms with Gasteiger partial charge in [0.15, 0.2) is 0 Å². The van der Waals surface area contributed by atoms with Gasteiger partial charge in [0.25, 0.3) is 5.91 Å². The van der Waals surface area contributed by atoms with Crippen LogP contribution in [0, 0.1) is 0 Å². The number of carbonyl (C=O) groups is 2. The molecule has 3 N–H and O–H groups in total. The molecule has 1 atom stereocenters. The number of phenols is 2. The minimum absolute atomic E-state index is 0.0378. The Labute approximate surface area is 144 Å². The average Bonchev–Trinajstić information content (AvgIpc) is 3.00. The van der Waals surface area contributed by atoms with Gasteiger partial charge in [-0.1, -0.05) is 12.1 Å². The lowest BCUT2D eigenvalue weighted by molar-refractivity contribution is -0.119. The van der Waals surface area contributed by atoms with Gasteiger partial charge < -0.3 is 20.4 Å². The van der Waals surface area contributed by atoms with Crippen molar-refractivity contribution in [2.75, 3.05) is 6.54 Å². The maximum Gasteiger partial charge on any atom is 0.261 e. The van der Waals surface area contributed by atoms with Gasteiger partial charge in [0.1, 0.15) is 17.1 Å². The fourth-order valence-electron chi connectivity index (χ4n) is 2.92. The van der Waals surface area contributed by atoms with Gasteiger partial charge in [-0.05, 0) is 30.2 Å². The first-order valence-electron chi connectivity index (χ1n) is 8.03. The number of benzene rings is 1. The molecule has 0 unspecified atom stereocenters. The zero-order valence-corrected chi connectivity index (χ0v) is 13.6. The lowest BCUT2D eigenvalue weighted by Crippen LogP contribution is -2.41. The van der Waals surface area contributed by atoms with Crippen molar-refractivity contribution in [2.45, 2.75) is 25.4 Å². The molecule has 1 aromatic heterocycles. The molecule has 1 aliphatic rings. The Balaban J connectivity index is 1.86. The van der Waals surface area contributed by atoms with Crippen molar-refractivity contribution in [2.24, 2.45) is 0 Å². The molecule has 0 saturated carbocycles. The molecule has 1 aromatic carbocycles. The number of hydrogen-bond donors (Lipinski definition) is 3. The number of hydrogen-bond acceptors (Lipinski definition) is 5. The van der Waals surface area contributed by atoms with Crippen LogP contribution in [0.4, 0.5) is 0 Å². The SMILES string of the molecule is O=C1CC[C@@H](CN(Cc2cccnc2)C(=O)c2c(O)cccc2O)N1. The summed E-state index contributed by atoms with van der Waals surface area (Å²) < 4.78 is 0. The highest BCUT2D eigenvalue weighted by Gasteiger charge is 2.28. The molecule has 1 fully saturated rings. The van der Waals surface area contributed by atoms with Crippen molar-refractivity contribution in [3.8, 4) is 11.5 Å². The van der Waals surface area contributed by atoms with E-state index >= 15 is 0 Å². The van der Waals surface area contributed by atoms with Crippen LogP contribution in [0.2, 0.25) is 0 Å². The van der Waals surface area contributed by atoms with Crippen molar-refractivity contribution in [1.29, 1.82) is 0 Å². The van der Waals surface area contributed by atoms with Crippen LogP contribution in [0.1, 0.15) is 28.8 Å². The molecule has 7 heteroatoms. The van der Waals surface area contributed by atoms with Gasteiger partial charge in [0, 0.05) is 37.9 Å². The van der Waals surface area contributed by atoms with E-state index in [4.69, 9.17) is 0 Å². The summed E-state index contributed by atoms with van der Waals surface area (Å²) in [7, 11) is 0. The summed E-state index contributed by atoms with van der Waals surface area (Å²) in [4.78, 5) is 29.9. The van der Waals surface area contributed by atoms with E-state index in [1.54, 1.807) is 18.5 Å². The van der Waals surface area contributed by atoms with Crippen LogP contribution < -0.4 is 5.32 Å². The average molecular weight is 341 g/mol. The Hall–Kier alpha value is -3.09. The summed E-state index contributed by atoms with van der Waals surface area (Å²) in [5, 5.41) is 22.8. The summed E-state index contributed by atoms with van der Waals surface area (Å²) in [5.41, 5.74) is 0.672. The van der Waals surface area contributed by atoms with Gasteiger partial charge in [-0.2, -0.15) is 0 Å². The number of carbonyl (C=O) groups excluding carboxylic acids is 2. The summed E-state index contributed by atoms with van der Waals surface area (Å²) >= 11 is 0. The lowest BCUT2D eigenvalue weighted by atomic mass is 10.1. The first-order chi connectivity index (χ1) is 12.0. The molecule has 1 saturated heterocycles. The van der Waals surface area contributed by atoms with E-state index in [-0.39, 0.29) is 42.1 Å². The standard InChI is InChI=1S/C18H19N3O4/c22-14-4-1-5-15(23)17(14)18(25)21(10-12-3-2-8-19-9-12)11-13-6-7-16(24)20-13/h1-5,8-9,13,22-23H,6-7,10-11H2,(H,20,24)/t13-/m0/s1. The fourth-order valence-corrected chi connectivity index (χ4v) is 2.92. The predicted molar refractivity (Wildman–Crippen MR) is 89.9 cm³/mol. The van der Waals surface area contributed by atoms with Crippen LogP contribution in [-0.4, -0.2) is 44.5 Å². The molecule has 2 aromatic rings. The van der Waals surface area contributed by atoms with E-state index in [0.717, 1.165) is 5.56 Å². The molecular weight excluding hydrogens is 322 g/mol. The molecule has 2 amide bonds. The zero-order chi connectivity index (χ0) is 17.8. The van der Waals surface area contributed by atoms with Crippen LogP contribution in [0.3, 0.4) is 0 Å². The Kier molecular flexibility index (Phi) is 4.83. The van der Waals surface area contributed by atoms with Crippen LogP contribution in [0.25, 0.3) is 0 Å². The van der Waals surface area contributed by atoms with Crippen LogP contribution in [0.5, 0.6) is 11.5 Å². The van der Waals surface area contributed by atoms with Crippen molar-refractivity contribution < 1.29 is 19.8 Å². The van der Waals surface area contributed by atoms with Crippen molar-refractivity contribution in [1.82, 2.24) is 15.2 Å². The number of phenolic OH excluding ortho intramolecular Hbond substituents is 2. The van der Waals surface area contributed by atoms with Gasteiger partial charge >= 0.3 is 0 Å². The minimum atomic E-state index is -0.499. The molecule has 1 aliphatic heterocycles. The van der Waals surface area contributed by atoms with Gasteiger partial charge in [-0.3, -0.25) is 14.6 Å². The molecule has 25 heavy (non-hydrogen) atoms. The third-order valence-electron chi connectivity index (χ3n) is 4.14. The van der Waals surface area contributed by atoms with Crippen LogP contribution in [-0.2, 0) is 11.3 Å². The quantitative estimate of drug-likeness (QED) is 0.763. The van der Waals surface area contributed by atoms with Crippen LogP contribution in [0.15, 0.2) is 42.7 Å². The molecule has 130 valence electrons. The van der Waals surface area contributed by atoms with Gasteiger partial charge in [-0.25, -0.2) is 0 Å². The molecule has 0 aliphatic carbocycles. The van der Waals surface area contributed by atoms with E-state index in [2.05, 4.69) is 10.3 Å². The zero-order valence-electron chi connectivity index (χ0n) is 13.6. The molecular formula is C18H19N3O4. The van der Waals surface area contributed by atoms with E-state index in [1.807, 2.05) is 6.07 Å². The van der Waals surface area contributed by atoms with Crippen LogP contribution >= 0.6 is 0 Å². The number of aromatic hydroxyl groups is 2. The lowest BCUT2D eigenvalue weighted by Gasteiger charge is -2.26. The Morgan fingerprint density at radius 1 is 1.24 bits per heavy atom. The molecule has 0 bridgehead atoms. The highest BCUT2D eigenvalue weighted by Crippen LogP contribution is 2.28. The van der Waals surface area contributed by atoms with Gasteiger partial charge in [-0.15, -0.1) is 0 Å². The predicted octanol–water partition coefficient (Wildman–Crippen LogP) is 1.41. The van der Waals surface area contributed by atoms with Crippen molar-refractivity contribution >= 4 is 11.8 Å². The second-order valence-electron chi connectivity index (χ2n) is 6.02. The molecule has 0 spiro atoms. The summed E-state index contributed by atoms with van der Waals surface area (Å²) in [5.74, 6) is -1.10. The molecule has 7 nitrogen and oxygen atoms in total. The smallest absolute Gasteiger partial charge is 0.261 e. The first kappa shape index (κ1) is 16.8. The number of nitrogens with one attached hydrogen (secondary N) is 1. The largest absolute Gasteiger partial charge is 0.507 e. The number of aromatic nitrogens is 1. The summed E-state index contributed by atoms with van der Waals surface area (Å²) in [6, 6.07) is 7.63. The van der Waals surface area contributed by atoms with Crippen molar-refractivity contribution in [3.63, 3.8) is 0 Å². The number of pyridine rings is 1. The second kappa shape index (κ2) is 7.21. The highest BCUT2D eigenvalue weighted by atomic mass is 16.3. The Morgan fingerprint density at radius 2 is 2.00 bits per heavy atom. The second-order valence-corrected chi connectivity index (χ2v) is 6.02. The van der Waals surface area contributed by atoms with E-state index in [9.17, 15) is 19.8 Å². The monoisotopic (exact) mass is 341 g/mol. The van der Waals surface area contributed by atoms with E-state index < -0.39 is 5.91 Å². The third-order valence-corrected chi connectivity index (χ3v) is 4.14. The number of amides is 2. The molecule has 3 rings (SSSR count). The summed E-state index contributed by atoms with van der Waals surface area (Å²) in [6.07, 6.45) is 4.36. The van der Waals surface area contributed by atoms with Gasteiger partial charge in [0.05, 0.1) is 0 Å². The molecule has 0 radical (unpaired) electrons.